The predicted molar refractivity (Wildman–Crippen MR) is 78.5 cm³/mol. The lowest BCUT2D eigenvalue weighted by molar-refractivity contribution is -0.131. The Hall–Kier alpha value is -1.86. The second-order valence-electron chi connectivity index (χ2n) is 4.88. The number of urea groups is 1. The second-order valence-corrected chi connectivity index (χ2v) is 4.88. The molecule has 0 aromatic heterocycles. The molecule has 21 heavy (non-hydrogen) atoms. The maximum Gasteiger partial charge on any atom is 0.344 e. The van der Waals surface area contributed by atoms with Crippen LogP contribution in [-0.4, -0.2) is 80.9 Å². The van der Waals surface area contributed by atoms with Gasteiger partial charge in [0.1, 0.15) is 6.04 Å². The van der Waals surface area contributed by atoms with Gasteiger partial charge in [0.2, 0.25) is 0 Å². The van der Waals surface area contributed by atoms with Crippen LogP contribution in [0.4, 0.5) is 4.79 Å². The molecule has 7 nitrogen and oxygen atoms in total. The molecule has 118 valence electrons. The summed E-state index contributed by atoms with van der Waals surface area (Å²) in [4.78, 5) is 32.5. The predicted octanol–water partition coefficient (Wildman–Crippen LogP) is 0.501. The number of hydrogen-bond acceptors (Lipinski definition) is 4. The quantitative estimate of drug-likeness (QED) is 0.709. The number of ether oxygens (including phenoxy) is 1. The number of carbonyl (C=O) groups is 2. The van der Waals surface area contributed by atoms with Gasteiger partial charge in [0, 0.05) is 40.4 Å². The standard InChI is InChI=1S/C12H17N3O3.C2H6O/c1-4-7-18-15-10-8-14(12(15)17)6-5-9(10)11(16)13(2)3;1-3-2/h4-5,10H,1,6-8H2,2-3H3;1-2H3. The molecular formula is C14H23N3O4. The molecule has 7 heteroatoms. The number of likely N-dealkylation sites (N-methyl/N-ethyl adjacent to an activating group) is 1. The minimum Gasteiger partial charge on any atom is -0.388 e. The van der Waals surface area contributed by atoms with Crippen LogP contribution in [0.3, 0.4) is 0 Å². The molecular weight excluding hydrogens is 274 g/mol. The average molecular weight is 297 g/mol. The van der Waals surface area contributed by atoms with Crippen LogP contribution in [0.15, 0.2) is 24.3 Å². The first kappa shape index (κ1) is 17.2. The minimum atomic E-state index is -0.318. The Morgan fingerprint density at radius 2 is 2.14 bits per heavy atom. The molecule has 1 saturated heterocycles. The highest BCUT2D eigenvalue weighted by molar-refractivity contribution is 5.96. The number of nitrogens with zero attached hydrogens (tertiary/aromatic N) is 3. The van der Waals surface area contributed by atoms with Crippen LogP contribution in [-0.2, 0) is 14.4 Å². The van der Waals surface area contributed by atoms with Crippen molar-refractivity contribution in [2.75, 3.05) is 48.0 Å². The molecule has 0 N–H and O–H groups in total. The maximum atomic E-state index is 12.0. The third-order valence-corrected chi connectivity index (χ3v) is 3.01. The molecule has 0 saturated carbocycles. The Morgan fingerprint density at radius 1 is 1.52 bits per heavy atom. The Kier molecular flexibility index (Phi) is 6.39. The van der Waals surface area contributed by atoms with Gasteiger partial charge in [0.15, 0.2) is 0 Å². The summed E-state index contributed by atoms with van der Waals surface area (Å²) in [5, 5.41) is 1.28. The molecule has 1 unspecified atom stereocenters. The second kappa shape index (κ2) is 7.80. The molecule has 0 aromatic carbocycles. The van der Waals surface area contributed by atoms with E-state index in [-0.39, 0.29) is 24.6 Å². The number of carbonyl (C=O) groups excluding carboxylic acids is 2. The molecule has 2 aliphatic rings. The zero-order chi connectivity index (χ0) is 16.0. The summed E-state index contributed by atoms with van der Waals surface area (Å²) in [6.07, 6.45) is 3.37. The largest absolute Gasteiger partial charge is 0.388 e. The number of hydrogen-bond donors (Lipinski definition) is 0. The number of amides is 3. The molecule has 2 rings (SSSR count). The Morgan fingerprint density at radius 3 is 2.67 bits per heavy atom. The first-order valence-corrected chi connectivity index (χ1v) is 6.61. The van der Waals surface area contributed by atoms with E-state index in [9.17, 15) is 9.59 Å². The lowest BCUT2D eigenvalue weighted by Gasteiger charge is -2.25. The zero-order valence-corrected chi connectivity index (χ0v) is 13.0. The van der Waals surface area contributed by atoms with Crippen LogP contribution in [0.2, 0.25) is 0 Å². The summed E-state index contributed by atoms with van der Waals surface area (Å²) in [5.41, 5.74) is 0.617. The number of fused-ring (bicyclic) bond motifs is 2. The van der Waals surface area contributed by atoms with Crippen LogP contribution in [0.1, 0.15) is 0 Å². The highest BCUT2D eigenvalue weighted by atomic mass is 16.7. The van der Waals surface area contributed by atoms with E-state index in [0.29, 0.717) is 18.7 Å². The van der Waals surface area contributed by atoms with Crippen molar-refractivity contribution in [1.82, 2.24) is 14.9 Å². The van der Waals surface area contributed by atoms with Gasteiger partial charge in [0.25, 0.3) is 5.91 Å². The summed E-state index contributed by atoms with van der Waals surface area (Å²) >= 11 is 0. The highest BCUT2D eigenvalue weighted by Crippen LogP contribution is 2.27. The number of hydroxylamine groups is 2. The van der Waals surface area contributed by atoms with Gasteiger partial charge in [-0.05, 0) is 0 Å². The van der Waals surface area contributed by atoms with E-state index in [2.05, 4.69) is 11.3 Å². The Balaban J connectivity index is 0.000000677. The van der Waals surface area contributed by atoms with Crippen LogP contribution in [0, 0.1) is 0 Å². The van der Waals surface area contributed by atoms with Crippen molar-refractivity contribution < 1.29 is 19.2 Å². The van der Waals surface area contributed by atoms with E-state index < -0.39 is 0 Å². The van der Waals surface area contributed by atoms with Crippen molar-refractivity contribution in [2.45, 2.75) is 6.04 Å². The summed E-state index contributed by atoms with van der Waals surface area (Å²) in [6.45, 7) is 4.76. The molecule has 0 aliphatic carbocycles. The van der Waals surface area contributed by atoms with Crippen LogP contribution in [0.25, 0.3) is 0 Å². The van der Waals surface area contributed by atoms with Gasteiger partial charge in [-0.1, -0.05) is 12.2 Å². The molecule has 1 atom stereocenters. The van der Waals surface area contributed by atoms with Crippen LogP contribution in [0.5, 0.6) is 0 Å². The summed E-state index contributed by atoms with van der Waals surface area (Å²) in [5.74, 6) is -0.0819. The fourth-order valence-electron chi connectivity index (χ4n) is 2.12. The molecule has 0 spiro atoms. The van der Waals surface area contributed by atoms with Crippen LogP contribution >= 0.6 is 0 Å². The Bertz CT molecular complexity index is 434. The van der Waals surface area contributed by atoms with Gasteiger partial charge in [-0.25, -0.2) is 4.79 Å². The fourth-order valence-corrected chi connectivity index (χ4v) is 2.12. The summed E-state index contributed by atoms with van der Waals surface area (Å²) in [7, 11) is 6.64. The van der Waals surface area contributed by atoms with Gasteiger partial charge in [-0.3, -0.25) is 9.63 Å². The smallest absolute Gasteiger partial charge is 0.344 e. The lowest BCUT2D eigenvalue weighted by Crippen LogP contribution is -2.40. The first-order chi connectivity index (χ1) is 9.97. The normalized spacial score (nSPS) is 19.7. The van der Waals surface area contributed by atoms with Gasteiger partial charge in [0.05, 0.1) is 13.2 Å². The molecule has 0 radical (unpaired) electrons. The van der Waals surface area contributed by atoms with Crippen molar-refractivity contribution in [3.63, 3.8) is 0 Å². The number of rotatable bonds is 4. The molecule has 0 aromatic rings. The summed E-state index contributed by atoms with van der Waals surface area (Å²) < 4.78 is 4.25. The molecule has 2 heterocycles. The maximum absolute atomic E-state index is 12.0. The molecule has 2 bridgehead atoms. The zero-order valence-electron chi connectivity index (χ0n) is 13.0. The monoisotopic (exact) mass is 297 g/mol. The molecule has 2 aliphatic heterocycles. The van der Waals surface area contributed by atoms with Crippen molar-refractivity contribution >= 4 is 11.9 Å². The first-order valence-electron chi connectivity index (χ1n) is 6.61. The van der Waals surface area contributed by atoms with E-state index in [0.717, 1.165) is 0 Å². The topological polar surface area (TPSA) is 62.3 Å². The van der Waals surface area contributed by atoms with Gasteiger partial charge in [-0.15, -0.1) is 6.58 Å². The SMILES string of the molecule is C=CCON1C(=O)N2CC=C(C(=O)N(C)C)C1C2.COC. The third-order valence-electron chi connectivity index (χ3n) is 3.01. The average Bonchev–Trinajstić information content (AvgIpc) is 2.69. The van der Waals surface area contributed by atoms with Gasteiger partial charge >= 0.3 is 6.03 Å². The van der Waals surface area contributed by atoms with E-state index in [1.807, 2.05) is 0 Å². The van der Waals surface area contributed by atoms with E-state index in [4.69, 9.17) is 4.84 Å². The minimum absolute atomic E-state index is 0.0819. The van der Waals surface area contributed by atoms with Gasteiger partial charge < -0.3 is 14.5 Å². The number of methoxy groups -OCH3 is 1. The molecule has 1 fully saturated rings. The fraction of sp³-hybridized carbons (Fsp3) is 0.571. The van der Waals surface area contributed by atoms with E-state index >= 15 is 0 Å². The van der Waals surface area contributed by atoms with Crippen LogP contribution < -0.4 is 0 Å². The molecule has 3 amide bonds. The van der Waals surface area contributed by atoms with Crippen molar-refractivity contribution in [3.05, 3.63) is 24.3 Å². The van der Waals surface area contributed by atoms with Gasteiger partial charge in [-0.2, -0.15) is 5.06 Å². The lowest BCUT2D eigenvalue weighted by atomic mass is 10.0. The third kappa shape index (κ3) is 3.83. The highest BCUT2D eigenvalue weighted by Gasteiger charge is 2.44. The van der Waals surface area contributed by atoms with Crippen molar-refractivity contribution in [1.29, 1.82) is 0 Å². The summed E-state index contributed by atoms with van der Waals surface area (Å²) in [6, 6.07) is -0.513. The van der Waals surface area contributed by atoms with E-state index in [1.54, 1.807) is 45.4 Å². The van der Waals surface area contributed by atoms with E-state index in [1.165, 1.54) is 9.96 Å². The Labute approximate surface area is 125 Å². The van der Waals surface area contributed by atoms with Crippen molar-refractivity contribution in [3.8, 4) is 0 Å². The van der Waals surface area contributed by atoms with Crippen molar-refractivity contribution in [2.24, 2.45) is 0 Å².